The summed E-state index contributed by atoms with van der Waals surface area (Å²) >= 11 is 0. The van der Waals surface area contributed by atoms with Crippen molar-refractivity contribution in [3.05, 3.63) is 11.6 Å². The van der Waals surface area contributed by atoms with E-state index in [2.05, 4.69) is 13.0 Å². The van der Waals surface area contributed by atoms with E-state index in [1.165, 1.54) is 6.42 Å². The molecule has 0 radical (unpaired) electrons. The highest BCUT2D eigenvalue weighted by Gasteiger charge is 2.54. The number of hydrogen-bond acceptors (Lipinski definition) is 2. The predicted octanol–water partition coefficient (Wildman–Crippen LogP) is 2.71. The van der Waals surface area contributed by atoms with Crippen LogP contribution in [0.15, 0.2) is 11.6 Å². The van der Waals surface area contributed by atoms with Gasteiger partial charge in [-0.05, 0) is 44.9 Å². The number of rotatable bonds is 4. The minimum absolute atomic E-state index is 0.0604. The van der Waals surface area contributed by atoms with Gasteiger partial charge in [0.05, 0.1) is 6.61 Å². The van der Waals surface area contributed by atoms with Gasteiger partial charge in [0.1, 0.15) is 5.78 Å². The van der Waals surface area contributed by atoms with Crippen molar-refractivity contribution >= 4 is 5.78 Å². The summed E-state index contributed by atoms with van der Waals surface area (Å²) in [5, 5.41) is 8.91. The summed E-state index contributed by atoms with van der Waals surface area (Å²) in [5.41, 5.74) is 0.953. The Balaban J connectivity index is 1.96. The molecule has 16 heavy (non-hydrogen) atoms. The topological polar surface area (TPSA) is 37.3 Å². The van der Waals surface area contributed by atoms with Crippen LogP contribution in [-0.2, 0) is 4.79 Å². The second kappa shape index (κ2) is 4.33. The SMILES string of the molecule is C/C(=C/CC[C@@]1(C)C(=O)[C@@H]2CC[C@H]1C2)CO. The zero-order valence-corrected chi connectivity index (χ0v) is 10.3. The van der Waals surface area contributed by atoms with Gasteiger partial charge in [-0.25, -0.2) is 0 Å². The lowest BCUT2D eigenvalue weighted by molar-refractivity contribution is -0.131. The van der Waals surface area contributed by atoms with Gasteiger partial charge in [0.25, 0.3) is 0 Å². The lowest BCUT2D eigenvalue weighted by atomic mass is 9.71. The first-order valence-corrected chi connectivity index (χ1v) is 6.38. The van der Waals surface area contributed by atoms with Crippen molar-refractivity contribution < 1.29 is 9.90 Å². The summed E-state index contributed by atoms with van der Waals surface area (Å²) in [6.45, 7) is 4.23. The third-order valence-electron chi connectivity index (χ3n) is 4.67. The molecule has 2 nitrogen and oxygen atoms in total. The molecule has 0 spiro atoms. The van der Waals surface area contributed by atoms with Crippen molar-refractivity contribution in [3.8, 4) is 0 Å². The molecular formula is C14H22O2. The van der Waals surface area contributed by atoms with Crippen molar-refractivity contribution in [1.82, 2.24) is 0 Å². The molecule has 0 amide bonds. The van der Waals surface area contributed by atoms with E-state index in [-0.39, 0.29) is 12.0 Å². The van der Waals surface area contributed by atoms with E-state index in [4.69, 9.17) is 5.11 Å². The highest BCUT2D eigenvalue weighted by atomic mass is 16.3. The molecule has 3 atom stereocenters. The molecule has 2 heteroatoms. The van der Waals surface area contributed by atoms with Gasteiger partial charge >= 0.3 is 0 Å². The molecule has 90 valence electrons. The maximum absolute atomic E-state index is 12.2. The minimum atomic E-state index is -0.0604. The van der Waals surface area contributed by atoms with Gasteiger partial charge in [0.2, 0.25) is 0 Å². The number of fused-ring (bicyclic) bond motifs is 2. The van der Waals surface area contributed by atoms with Gasteiger partial charge < -0.3 is 5.11 Å². The van der Waals surface area contributed by atoms with Crippen LogP contribution in [0.25, 0.3) is 0 Å². The van der Waals surface area contributed by atoms with Crippen molar-refractivity contribution in [3.63, 3.8) is 0 Å². The standard InChI is InChI=1S/C14H22O2/c1-10(9-15)4-3-7-14(2)12-6-5-11(8-12)13(14)16/h4,11-12,15H,3,5-9H2,1-2H3/b10-4-/t11-,12+,14-/m1/s1. The highest BCUT2D eigenvalue weighted by molar-refractivity contribution is 5.90. The summed E-state index contributed by atoms with van der Waals surface area (Å²) in [6.07, 6.45) is 7.48. The summed E-state index contributed by atoms with van der Waals surface area (Å²) in [7, 11) is 0. The number of aliphatic hydroxyl groups excluding tert-OH is 1. The normalized spacial score (nSPS) is 38.4. The fourth-order valence-electron chi connectivity index (χ4n) is 3.48. The smallest absolute Gasteiger partial charge is 0.142 e. The van der Waals surface area contributed by atoms with E-state index in [9.17, 15) is 4.79 Å². The molecule has 0 aromatic rings. The van der Waals surface area contributed by atoms with Crippen LogP contribution >= 0.6 is 0 Å². The third kappa shape index (κ3) is 1.84. The van der Waals surface area contributed by atoms with Crippen LogP contribution in [0.2, 0.25) is 0 Å². The molecule has 0 saturated heterocycles. The molecule has 2 fully saturated rings. The van der Waals surface area contributed by atoms with E-state index >= 15 is 0 Å². The van der Waals surface area contributed by atoms with E-state index in [0.717, 1.165) is 31.3 Å². The summed E-state index contributed by atoms with van der Waals surface area (Å²) < 4.78 is 0. The first-order valence-electron chi connectivity index (χ1n) is 6.38. The Labute approximate surface area is 97.7 Å². The second-order valence-corrected chi connectivity index (χ2v) is 5.74. The Kier molecular flexibility index (Phi) is 3.20. The average molecular weight is 222 g/mol. The summed E-state index contributed by atoms with van der Waals surface area (Å²) in [4.78, 5) is 12.2. The number of aliphatic hydroxyl groups is 1. The fraction of sp³-hybridized carbons (Fsp3) is 0.786. The van der Waals surface area contributed by atoms with E-state index in [1.54, 1.807) is 0 Å². The maximum atomic E-state index is 12.2. The fourth-order valence-corrected chi connectivity index (χ4v) is 3.48. The van der Waals surface area contributed by atoms with Crippen LogP contribution in [0.5, 0.6) is 0 Å². The summed E-state index contributed by atoms with van der Waals surface area (Å²) in [5.74, 6) is 1.52. The molecule has 2 rings (SSSR count). The molecule has 0 unspecified atom stereocenters. The minimum Gasteiger partial charge on any atom is -0.392 e. The van der Waals surface area contributed by atoms with Crippen LogP contribution in [0.1, 0.15) is 46.0 Å². The molecule has 2 aliphatic rings. The number of Topliss-reactive ketones (excluding diaryl/α,β-unsaturated/α-hetero) is 1. The molecule has 0 heterocycles. The number of carbonyl (C=O) groups excluding carboxylic acids is 1. The zero-order valence-electron chi connectivity index (χ0n) is 10.3. The van der Waals surface area contributed by atoms with E-state index < -0.39 is 0 Å². The Bertz CT molecular complexity index is 319. The van der Waals surface area contributed by atoms with E-state index in [1.807, 2.05) is 6.92 Å². The zero-order chi connectivity index (χ0) is 11.8. The van der Waals surface area contributed by atoms with Gasteiger partial charge in [0.15, 0.2) is 0 Å². The number of hydrogen-bond donors (Lipinski definition) is 1. The molecular weight excluding hydrogens is 200 g/mol. The lowest BCUT2D eigenvalue weighted by Gasteiger charge is -2.32. The molecule has 0 aromatic heterocycles. The maximum Gasteiger partial charge on any atom is 0.142 e. The quantitative estimate of drug-likeness (QED) is 0.743. The third-order valence-corrected chi connectivity index (χ3v) is 4.67. The largest absolute Gasteiger partial charge is 0.392 e. The van der Waals surface area contributed by atoms with Gasteiger partial charge in [-0.2, -0.15) is 0 Å². The Morgan fingerprint density at radius 1 is 1.56 bits per heavy atom. The van der Waals surface area contributed by atoms with Crippen LogP contribution in [0.3, 0.4) is 0 Å². The summed E-state index contributed by atoms with van der Waals surface area (Å²) in [6, 6.07) is 0. The van der Waals surface area contributed by atoms with Crippen molar-refractivity contribution in [2.24, 2.45) is 17.3 Å². The first-order chi connectivity index (χ1) is 7.58. The van der Waals surface area contributed by atoms with E-state index in [0.29, 0.717) is 17.6 Å². The highest BCUT2D eigenvalue weighted by Crippen LogP contribution is 2.55. The number of allylic oxidation sites excluding steroid dienone is 1. The van der Waals surface area contributed by atoms with Gasteiger partial charge in [-0.15, -0.1) is 0 Å². The molecule has 0 aromatic carbocycles. The van der Waals surface area contributed by atoms with Gasteiger partial charge in [-0.3, -0.25) is 4.79 Å². The number of carbonyl (C=O) groups is 1. The molecule has 0 aliphatic heterocycles. The van der Waals surface area contributed by atoms with Gasteiger partial charge in [0, 0.05) is 11.3 Å². The predicted molar refractivity (Wildman–Crippen MR) is 64.0 cm³/mol. The average Bonchev–Trinajstić information content (AvgIpc) is 2.83. The first kappa shape index (κ1) is 11.8. The Morgan fingerprint density at radius 2 is 2.31 bits per heavy atom. The van der Waals surface area contributed by atoms with Crippen molar-refractivity contribution in [1.29, 1.82) is 0 Å². The Hall–Kier alpha value is -0.630. The Morgan fingerprint density at radius 3 is 2.88 bits per heavy atom. The van der Waals surface area contributed by atoms with Crippen LogP contribution < -0.4 is 0 Å². The van der Waals surface area contributed by atoms with Crippen LogP contribution in [0, 0.1) is 17.3 Å². The van der Waals surface area contributed by atoms with Crippen LogP contribution in [0.4, 0.5) is 0 Å². The van der Waals surface area contributed by atoms with Crippen LogP contribution in [-0.4, -0.2) is 17.5 Å². The van der Waals surface area contributed by atoms with Crippen molar-refractivity contribution in [2.45, 2.75) is 46.0 Å². The lowest BCUT2D eigenvalue weighted by Crippen LogP contribution is -2.33. The molecule has 1 N–H and O–H groups in total. The second-order valence-electron chi connectivity index (χ2n) is 5.74. The van der Waals surface area contributed by atoms with Crippen molar-refractivity contribution in [2.75, 3.05) is 6.61 Å². The molecule has 2 aliphatic carbocycles. The molecule has 2 saturated carbocycles. The van der Waals surface area contributed by atoms with Gasteiger partial charge in [-0.1, -0.05) is 18.6 Å². The number of ketones is 1. The molecule has 2 bridgehead atoms. The monoisotopic (exact) mass is 222 g/mol.